The van der Waals surface area contributed by atoms with Gasteiger partial charge in [0.15, 0.2) is 0 Å². The third-order valence-corrected chi connectivity index (χ3v) is 4.10. The predicted octanol–water partition coefficient (Wildman–Crippen LogP) is 1.55. The van der Waals surface area contributed by atoms with Crippen LogP contribution in [0.4, 0.5) is 0 Å². The molecule has 78 valence electrons. The van der Waals surface area contributed by atoms with Gasteiger partial charge in [-0.15, -0.1) is 0 Å². The summed E-state index contributed by atoms with van der Waals surface area (Å²) in [5.74, 6) is 2.63. The summed E-state index contributed by atoms with van der Waals surface area (Å²) in [5, 5.41) is 0. The van der Waals surface area contributed by atoms with Crippen molar-refractivity contribution in [3.63, 3.8) is 0 Å². The van der Waals surface area contributed by atoms with Crippen molar-refractivity contribution in [1.82, 2.24) is 4.90 Å². The maximum Gasteiger partial charge on any atom is 0.0218 e. The molecule has 1 aliphatic rings. The van der Waals surface area contributed by atoms with Gasteiger partial charge in [-0.1, -0.05) is 13.3 Å². The number of nitrogens with two attached hydrogens (primary N) is 1. The van der Waals surface area contributed by atoms with Crippen LogP contribution in [0.3, 0.4) is 0 Å². The minimum Gasteiger partial charge on any atom is -0.329 e. The smallest absolute Gasteiger partial charge is 0.0218 e. The third kappa shape index (κ3) is 3.15. The second kappa shape index (κ2) is 5.89. The molecule has 0 aliphatic carbocycles. The first kappa shape index (κ1) is 11.3. The Kier molecular flexibility index (Phi) is 5.14. The van der Waals surface area contributed by atoms with Crippen LogP contribution in [-0.4, -0.2) is 42.1 Å². The fourth-order valence-electron chi connectivity index (χ4n) is 1.96. The van der Waals surface area contributed by atoms with E-state index in [-0.39, 0.29) is 0 Å². The van der Waals surface area contributed by atoms with Gasteiger partial charge >= 0.3 is 0 Å². The van der Waals surface area contributed by atoms with Crippen molar-refractivity contribution < 1.29 is 0 Å². The predicted molar refractivity (Wildman–Crippen MR) is 61.2 cm³/mol. The molecule has 0 aromatic carbocycles. The zero-order chi connectivity index (χ0) is 9.68. The number of hydrogen-bond acceptors (Lipinski definition) is 3. The van der Waals surface area contributed by atoms with Crippen LogP contribution in [0.15, 0.2) is 0 Å². The summed E-state index contributed by atoms with van der Waals surface area (Å²) in [6.45, 7) is 3.05. The Balaban J connectivity index is 2.37. The Morgan fingerprint density at radius 2 is 2.38 bits per heavy atom. The highest BCUT2D eigenvalue weighted by Gasteiger charge is 2.24. The first-order valence-electron chi connectivity index (χ1n) is 5.29. The first-order valence-corrected chi connectivity index (χ1v) is 6.44. The summed E-state index contributed by atoms with van der Waals surface area (Å²) in [4.78, 5) is 2.50. The number of nitrogens with zero attached hydrogens (tertiary/aromatic N) is 1. The van der Waals surface area contributed by atoms with Gasteiger partial charge in [-0.05, 0) is 25.6 Å². The maximum atomic E-state index is 5.78. The first-order chi connectivity index (χ1) is 6.29. The van der Waals surface area contributed by atoms with E-state index in [1.807, 2.05) is 0 Å². The number of likely N-dealkylation sites (N-methyl/N-ethyl adjacent to an activating group) is 1. The largest absolute Gasteiger partial charge is 0.329 e. The summed E-state index contributed by atoms with van der Waals surface area (Å²) in [6.07, 6.45) is 3.83. The molecule has 0 radical (unpaired) electrons. The molecule has 1 heterocycles. The molecular formula is C10H22N2S. The summed E-state index contributed by atoms with van der Waals surface area (Å²) in [6, 6.07) is 1.39. The molecule has 2 N–H and O–H groups in total. The fraction of sp³-hybridized carbons (Fsp3) is 1.00. The highest BCUT2D eigenvalue weighted by atomic mass is 32.2. The van der Waals surface area contributed by atoms with Crippen molar-refractivity contribution in [2.45, 2.75) is 38.3 Å². The van der Waals surface area contributed by atoms with Crippen LogP contribution >= 0.6 is 11.8 Å². The van der Waals surface area contributed by atoms with Gasteiger partial charge in [-0.3, -0.25) is 4.90 Å². The lowest BCUT2D eigenvalue weighted by Crippen LogP contribution is -2.44. The van der Waals surface area contributed by atoms with Gasteiger partial charge in [0, 0.05) is 24.4 Å². The molecule has 0 aromatic rings. The van der Waals surface area contributed by atoms with Crippen LogP contribution in [0.5, 0.6) is 0 Å². The normalized spacial score (nSPS) is 25.4. The molecule has 0 saturated carbocycles. The van der Waals surface area contributed by atoms with E-state index in [1.165, 1.54) is 30.8 Å². The van der Waals surface area contributed by atoms with E-state index in [2.05, 4.69) is 30.6 Å². The van der Waals surface area contributed by atoms with Crippen molar-refractivity contribution in [2.75, 3.05) is 25.1 Å². The van der Waals surface area contributed by atoms with Gasteiger partial charge in [0.2, 0.25) is 0 Å². The molecule has 2 nitrogen and oxygen atoms in total. The second-order valence-electron chi connectivity index (χ2n) is 3.86. The molecule has 1 fully saturated rings. The van der Waals surface area contributed by atoms with Crippen LogP contribution in [0, 0.1) is 0 Å². The van der Waals surface area contributed by atoms with E-state index in [0.29, 0.717) is 6.04 Å². The van der Waals surface area contributed by atoms with Crippen molar-refractivity contribution in [3.8, 4) is 0 Å². The van der Waals surface area contributed by atoms with E-state index >= 15 is 0 Å². The topological polar surface area (TPSA) is 29.3 Å². The lowest BCUT2D eigenvalue weighted by molar-refractivity contribution is 0.182. The Hall–Kier alpha value is 0.270. The summed E-state index contributed by atoms with van der Waals surface area (Å²) < 4.78 is 0. The highest BCUT2D eigenvalue weighted by molar-refractivity contribution is 7.99. The molecule has 0 bridgehead atoms. The second-order valence-corrected chi connectivity index (χ2v) is 5.01. The Morgan fingerprint density at radius 3 is 2.85 bits per heavy atom. The van der Waals surface area contributed by atoms with E-state index in [9.17, 15) is 0 Å². The monoisotopic (exact) mass is 202 g/mol. The molecule has 1 aliphatic heterocycles. The number of rotatable bonds is 5. The van der Waals surface area contributed by atoms with Crippen molar-refractivity contribution in [2.24, 2.45) is 5.73 Å². The van der Waals surface area contributed by atoms with Gasteiger partial charge in [0.1, 0.15) is 0 Å². The number of thioether (sulfide) groups is 1. The Bertz CT molecular complexity index is 135. The molecule has 0 amide bonds. The fourth-order valence-corrected chi connectivity index (χ4v) is 3.24. The van der Waals surface area contributed by atoms with E-state index in [4.69, 9.17) is 5.73 Å². The van der Waals surface area contributed by atoms with Crippen LogP contribution in [-0.2, 0) is 0 Å². The Labute approximate surface area is 86.2 Å². The van der Waals surface area contributed by atoms with Gasteiger partial charge < -0.3 is 5.73 Å². The molecular weight excluding hydrogens is 180 g/mol. The van der Waals surface area contributed by atoms with Gasteiger partial charge in [0.05, 0.1) is 0 Å². The molecule has 3 heteroatoms. The lowest BCUT2D eigenvalue weighted by atomic mass is 10.1. The SMILES string of the molecule is CCCC(CN)N(C)C1CCSC1. The average molecular weight is 202 g/mol. The van der Waals surface area contributed by atoms with Crippen molar-refractivity contribution in [3.05, 3.63) is 0 Å². The molecule has 2 atom stereocenters. The summed E-state index contributed by atoms with van der Waals surface area (Å²) in [7, 11) is 2.24. The average Bonchev–Trinajstić information content (AvgIpc) is 2.65. The minimum atomic E-state index is 0.605. The van der Waals surface area contributed by atoms with Crippen LogP contribution in [0.2, 0.25) is 0 Å². The molecule has 13 heavy (non-hydrogen) atoms. The molecule has 1 saturated heterocycles. The summed E-state index contributed by atoms with van der Waals surface area (Å²) in [5.41, 5.74) is 5.78. The van der Waals surface area contributed by atoms with Gasteiger partial charge in [-0.25, -0.2) is 0 Å². The van der Waals surface area contributed by atoms with E-state index in [1.54, 1.807) is 0 Å². The third-order valence-electron chi connectivity index (χ3n) is 2.95. The van der Waals surface area contributed by atoms with E-state index in [0.717, 1.165) is 12.6 Å². The molecule has 0 spiro atoms. The number of hydrogen-bond donors (Lipinski definition) is 1. The van der Waals surface area contributed by atoms with E-state index < -0.39 is 0 Å². The van der Waals surface area contributed by atoms with Crippen LogP contribution in [0.1, 0.15) is 26.2 Å². The van der Waals surface area contributed by atoms with Gasteiger partial charge in [-0.2, -0.15) is 11.8 Å². The molecule has 0 aromatic heterocycles. The minimum absolute atomic E-state index is 0.605. The molecule has 2 unspecified atom stereocenters. The van der Waals surface area contributed by atoms with Crippen molar-refractivity contribution in [1.29, 1.82) is 0 Å². The summed E-state index contributed by atoms with van der Waals surface area (Å²) >= 11 is 2.07. The maximum absolute atomic E-state index is 5.78. The quantitative estimate of drug-likeness (QED) is 0.733. The zero-order valence-electron chi connectivity index (χ0n) is 8.83. The molecule has 1 rings (SSSR count). The zero-order valence-corrected chi connectivity index (χ0v) is 9.65. The van der Waals surface area contributed by atoms with Crippen LogP contribution in [0.25, 0.3) is 0 Å². The van der Waals surface area contributed by atoms with Gasteiger partial charge in [0.25, 0.3) is 0 Å². The van der Waals surface area contributed by atoms with Crippen LogP contribution < -0.4 is 5.73 Å². The Morgan fingerprint density at radius 1 is 1.62 bits per heavy atom. The van der Waals surface area contributed by atoms with Crippen molar-refractivity contribution >= 4 is 11.8 Å². The standard InChI is InChI=1S/C10H22N2S/c1-3-4-9(7-11)12(2)10-5-6-13-8-10/h9-10H,3-8,11H2,1-2H3. The lowest BCUT2D eigenvalue weighted by Gasteiger charge is -2.31. The highest BCUT2D eigenvalue weighted by Crippen LogP contribution is 2.23.